The molecule has 3 nitrogen and oxygen atoms in total. The quantitative estimate of drug-likeness (QED) is 0.651. The molecule has 2 bridgehead atoms. The highest BCUT2D eigenvalue weighted by Crippen LogP contribution is 2.27. The molecular formula is C11H21N3. The minimum atomic E-state index is 0.751. The van der Waals surface area contributed by atoms with Crippen molar-refractivity contribution in [1.82, 2.24) is 15.5 Å². The van der Waals surface area contributed by atoms with E-state index in [0.29, 0.717) is 0 Å². The van der Waals surface area contributed by atoms with Gasteiger partial charge in [-0.05, 0) is 44.8 Å². The summed E-state index contributed by atoms with van der Waals surface area (Å²) in [6.45, 7) is 6.40. The van der Waals surface area contributed by atoms with Gasteiger partial charge < -0.3 is 15.5 Å². The van der Waals surface area contributed by atoms with Crippen LogP contribution in [0.15, 0.2) is 0 Å². The minimum Gasteiger partial charge on any atom is -0.315 e. The zero-order valence-corrected chi connectivity index (χ0v) is 8.84. The van der Waals surface area contributed by atoms with Crippen molar-refractivity contribution in [2.45, 2.75) is 31.3 Å². The van der Waals surface area contributed by atoms with Crippen molar-refractivity contribution in [2.75, 3.05) is 32.7 Å². The van der Waals surface area contributed by atoms with Crippen molar-refractivity contribution < 1.29 is 0 Å². The Hall–Kier alpha value is -0.120. The normalized spacial score (nSPS) is 47.1. The Morgan fingerprint density at radius 2 is 2.00 bits per heavy atom. The molecule has 4 rings (SSSR count). The van der Waals surface area contributed by atoms with Crippen molar-refractivity contribution in [3.63, 3.8) is 0 Å². The second-order valence-corrected chi connectivity index (χ2v) is 5.10. The minimum absolute atomic E-state index is 0.751. The summed E-state index contributed by atoms with van der Waals surface area (Å²) in [5.74, 6) is 0.973. The van der Waals surface area contributed by atoms with Gasteiger partial charge in [0.2, 0.25) is 0 Å². The summed E-state index contributed by atoms with van der Waals surface area (Å²) in [4.78, 5) is 2.63. The molecule has 4 aliphatic heterocycles. The highest BCUT2D eigenvalue weighted by molar-refractivity contribution is 4.93. The van der Waals surface area contributed by atoms with E-state index in [2.05, 4.69) is 15.5 Å². The first-order valence-electron chi connectivity index (χ1n) is 6.11. The van der Waals surface area contributed by atoms with Crippen LogP contribution >= 0.6 is 0 Å². The van der Waals surface area contributed by atoms with E-state index < -0.39 is 0 Å². The monoisotopic (exact) mass is 195 g/mol. The van der Waals surface area contributed by atoms with Gasteiger partial charge in [-0.25, -0.2) is 0 Å². The lowest BCUT2D eigenvalue weighted by atomic mass is 9.83. The predicted molar refractivity (Wildman–Crippen MR) is 57.4 cm³/mol. The van der Waals surface area contributed by atoms with Crippen LogP contribution in [0, 0.1) is 5.92 Å². The summed E-state index contributed by atoms with van der Waals surface area (Å²) >= 11 is 0. The summed E-state index contributed by atoms with van der Waals surface area (Å²) in [6.07, 6.45) is 4.18. The topological polar surface area (TPSA) is 27.3 Å². The zero-order valence-electron chi connectivity index (χ0n) is 8.84. The third-order valence-electron chi connectivity index (χ3n) is 4.17. The largest absolute Gasteiger partial charge is 0.315 e. The van der Waals surface area contributed by atoms with Gasteiger partial charge in [0, 0.05) is 25.2 Å². The molecule has 2 N–H and O–H groups in total. The highest BCUT2D eigenvalue weighted by Gasteiger charge is 2.35. The van der Waals surface area contributed by atoms with Crippen LogP contribution in [0.2, 0.25) is 0 Å². The van der Waals surface area contributed by atoms with Crippen LogP contribution in [-0.4, -0.2) is 49.7 Å². The molecule has 0 radical (unpaired) electrons. The molecule has 2 atom stereocenters. The first kappa shape index (κ1) is 9.13. The fourth-order valence-corrected chi connectivity index (χ4v) is 3.25. The van der Waals surface area contributed by atoms with Gasteiger partial charge in [0.1, 0.15) is 0 Å². The predicted octanol–water partition coefficient (Wildman–Crippen LogP) is 0.0321. The van der Waals surface area contributed by atoms with Gasteiger partial charge in [0.15, 0.2) is 0 Å². The number of hydrogen-bond acceptors (Lipinski definition) is 3. The fourth-order valence-electron chi connectivity index (χ4n) is 3.25. The second kappa shape index (κ2) is 3.80. The average molecular weight is 195 g/mol. The Morgan fingerprint density at radius 1 is 1.14 bits per heavy atom. The van der Waals surface area contributed by atoms with Crippen molar-refractivity contribution in [3.8, 4) is 0 Å². The third-order valence-corrected chi connectivity index (χ3v) is 4.17. The first-order valence-corrected chi connectivity index (χ1v) is 6.11. The van der Waals surface area contributed by atoms with Gasteiger partial charge in [-0.15, -0.1) is 0 Å². The third kappa shape index (κ3) is 1.69. The standard InChI is InChI=1S/C11H21N3/c1-4-12-7-10(1)13-11-8-14-5-2-9(11)3-6-14/h9-13H,1-8H2. The van der Waals surface area contributed by atoms with Crippen molar-refractivity contribution in [1.29, 1.82) is 0 Å². The Labute approximate surface area is 86.2 Å². The smallest absolute Gasteiger partial charge is 0.0227 e. The van der Waals surface area contributed by atoms with Crippen molar-refractivity contribution >= 4 is 0 Å². The summed E-state index contributed by atoms with van der Waals surface area (Å²) in [5.41, 5.74) is 0. The van der Waals surface area contributed by atoms with E-state index in [-0.39, 0.29) is 0 Å². The number of nitrogens with one attached hydrogen (secondary N) is 2. The van der Waals surface area contributed by atoms with Gasteiger partial charge in [0.25, 0.3) is 0 Å². The van der Waals surface area contributed by atoms with Crippen molar-refractivity contribution in [3.05, 3.63) is 0 Å². The van der Waals surface area contributed by atoms with Crippen LogP contribution in [0.5, 0.6) is 0 Å². The molecule has 0 aromatic heterocycles. The molecule has 14 heavy (non-hydrogen) atoms. The number of piperidine rings is 3. The number of hydrogen-bond donors (Lipinski definition) is 2. The van der Waals surface area contributed by atoms with Crippen LogP contribution in [-0.2, 0) is 0 Å². The molecule has 3 heteroatoms. The van der Waals surface area contributed by atoms with E-state index in [4.69, 9.17) is 0 Å². The lowest BCUT2D eigenvalue weighted by molar-refractivity contribution is 0.0681. The Morgan fingerprint density at radius 3 is 2.57 bits per heavy atom. The van der Waals surface area contributed by atoms with Gasteiger partial charge in [0.05, 0.1) is 0 Å². The van der Waals surface area contributed by atoms with E-state index in [1.165, 1.54) is 52.0 Å². The maximum Gasteiger partial charge on any atom is 0.0227 e. The van der Waals surface area contributed by atoms with E-state index in [1.807, 2.05) is 0 Å². The zero-order chi connectivity index (χ0) is 9.38. The molecule has 0 aromatic rings. The summed E-state index contributed by atoms with van der Waals surface area (Å²) in [7, 11) is 0. The summed E-state index contributed by atoms with van der Waals surface area (Å²) in [5, 5.41) is 7.27. The molecule has 4 fully saturated rings. The molecule has 80 valence electrons. The molecular weight excluding hydrogens is 174 g/mol. The molecule has 0 spiro atoms. The second-order valence-electron chi connectivity index (χ2n) is 5.10. The number of fused-ring (bicyclic) bond motifs is 3. The van der Waals surface area contributed by atoms with Gasteiger partial charge in [-0.3, -0.25) is 0 Å². The lowest BCUT2D eigenvalue weighted by Gasteiger charge is -2.46. The molecule has 0 aliphatic carbocycles. The Balaban J connectivity index is 1.57. The van der Waals surface area contributed by atoms with Gasteiger partial charge in [-0.1, -0.05) is 0 Å². The van der Waals surface area contributed by atoms with Crippen molar-refractivity contribution in [2.24, 2.45) is 5.92 Å². The van der Waals surface area contributed by atoms with Crippen LogP contribution in [0.4, 0.5) is 0 Å². The summed E-state index contributed by atoms with van der Waals surface area (Å²) < 4.78 is 0. The van der Waals surface area contributed by atoms with Crippen LogP contribution in [0.25, 0.3) is 0 Å². The maximum absolute atomic E-state index is 3.85. The summed E-state index contributed by atoms with van der Waals surface area (Å²) in [6, 6.07) is 1.54. The molecule has 4 heterocycles. The first-order chi connectivity index (χ1) is 6.92. The number of nitrogens with zero attached hydrogens (tertiary/aromatic N) is 1. The molecule has 0 saturated carbocycles. The fraction of sp³-hybridized carbons (Fsp3) is 1.00. The van der Waals surface area contributed by atoms with E-state index in [1.54, 1.807) is 0 Å². The molecule has 0 aromatic carbocycles. The van der Waals surface area contributed by atoms with Gasteiger partial charge in [-0.2, -0.15) is 0 Å². The maximum atomic E-state index is 3.85. The molecule has 4 aliphatic rings. The SMILES string of the molecule is C1CC(NC2CN3CCC2CC3)CN1. The average Bonchev–Trinajstić information content (AvgIpc) is 2.72. The molecule has 2 unspecified atom stereocenters. The highest BCUT2D eigenvalue weighted by atomic mass is 15.2. The Kier molecular flexibility index (Phi) is 2.48. The van der Waals surface area contributed by atoms with Crippen LogP contribution in [0.1, 0.15) is 19.3 Å². The van der Waals surface area contributed by atoms with Gasteiger partial charge >= 0.3 is 0 Å². The number of rotatable bonds is 2. The van der Waals surface area contributed by atoms with E-state index in [9.17, 15) is 0 Å². The van der Waals surface area contributed by atoms with E-state index in [0.717, 1.165) is 18.0 Å². The van der Waals surface area contributed by atoms with Crippen LogP contribution in [0.3, 0.4) is 0 Å². The van der Waals surface area contributed by atoms with Crippen LogP contribution < -0.4 is 10.6 Å². The molecule has 4 saturated heterocycles. The molecule has 0 amide bonds. The van der Waals surface area contributed by atoms with E-state index >= 15 is 0 Å². The Bertz CT molecular complexity index is 193. The lowest BCUT2D eigenvalue weighted by Crippen LogP contribution is -2.58.